The van der Waals surface area contributed by atoms with E-state index in [0.29, 0.717) is 13.0 Å². The van der Waals surface area contributed by atoms with Gasteiger partial charge < -0.3 is 16.0 Å². The van der Waals surface area contributed by atoms with Crippen LogP contribution in [0.2, 0.25) is 0 Å². The van der Waals surface area contributed by atoms with Crippen LogP contribution in [0, 0.1) is 5.92 Å². The van der Waals surface area contributed by atoms with Gasteiger partial charge in [-0.1, -0.05) is 6.07 Å². The van der Waals surface area contributed by atoms with E-state index in [1.54, 1.807) is 0 Å². The Bertz CT molecular complexity index is 527. The summed E-state index contributed by atoms with van der Waals surface area (Å²) in [5.74, 6) is -0.376. The van der Waals surface area contributed by atoms with Gasteiger partial charge in [0.05, 0.1) is 5.92 Å². The van der Waals surface area contributed by atoms with Gasteiger partial charge in [0.15, 0.2) is 0 Å². The summed E-state index contributed by atoms with van der Waals surface area (Å²) in [5.41, 5.74) is 3.39. The van der Waals surface area contributed by atoms with E-state index < -0.39 is 0 Å². The van der Waals surface area contributed by atoms with Gasteiger partial charge in [-0.15, -0.1) is 0 Å². The Morgan fingerprint density at radius 3 is 3.00 bits per heavy atom. The van der Waals surface area contributed by atoms with Crippen molar-refractivity contribution in [2.45, 2.75) is 19.4 Å². The van der Waals surface area contributed by atoms with Crippen molar-refractivity contribution in [1.82, 2.24) is 10.6 Å². The first kappa shape index (κ1) is 12.2. The van der Waals surface area contributed by atoms with Gasteiger partial charge in [-0.2, -0.15) is 0 Å². The first-order valence-electron chi connectivity index (χ1n) is 6.62. The van der Waals surface area contributed by atoms with Crippen molar-refractivity contribution >= 4 is 17.5 Å². The standard InChI is InChI=1S/C14H17N3O2/c18-13-6-11(8-16-13)14(19)17-12-2-1-9-3-4-15-7-10(9)5-12/h1-2,5,11,15H,3-4,6-8H2,(H,16,18)(H,17,19). The molecule has 3 N–H and O–H groups in total. The molecule has 0 saturated carbocycles. The minimum absolute atomic E-state index is 0.0465. The summed E-state index contributed by atoms with van der Waals surface area (Å²) >= 11 is 0. The SMILES string of the molecule is O=C1CC(C(=O)Nc2ccc3c(c2)CNCC3)CN1. The van der Waals surface area contributed by atoms with Crippen LogP contribution in [0.3, 0.4) is 0 Å². The lowest BCUT2D eigenvalue weighted by atomic mass is 10.00. The van der Waals surface area contributed by atoms with Crippen LogP contribution in [-0.4, -0.2) is 24.9 Å². The molecule has 2 aliphatic heterocycles. The number of rotatable bonds is 2. The summed E-state index contributed by atoms with van der Waals surface area (Å²) in [6.45, 7) is 2.30. The van der Waals surface area contributed by atoms with Gasteiger partial charge in [0.25, 0.3) is 0 Å². The van der Waals surface area contributed by atoms with Crippen LogP contribution in [0.4, 0.5) is 5.69 Å². The molecular weight excluding hydrogens is 242 g/mol. The highest BCUT2D eigenvalue weighted by Gasteiger charge is 2.27. The van der Waals surface area contributed by atoms with E-state index in [1.165, 1.54) is 11.1 Å². The number of carbonyl (C=O) groups is 2. The second-order valence-corrected chi connectivity index (χ2v) is 5.10. The molecule has 0 aliphatic carbocycles. The normalized spacial score (nSPS) is 21.7. The van der Waals surface area contributed by atoms with Gasteiger partial charge in [-0.25, -0.2) is 0 Å². The van der Waals surface area contributed by atoms with Gasteiger partial charge in [0.2, 0.25) is 11.8 Å². The third-order valence-electron chi connectivity index (χ3n) is 3.71. The number of fused-ring (bicyclic) bond motifs is 1. The minimum atomic E-state index is -0.248. The lowest BCUT2D eigenvalue weighted by Gasteiger charge is -2.18. The topological polar surface area (TPSA) is 70.2 Å². The van der Waals surface area contributed by atoms with E-state index in [1.807, 2.05) is 12.1 Å². The molecule has 1 fully saturated rings. The van der Waals surface area contributed by atoms with E-state index in [0.717, 1.165) is 25.2 Å². The molecule has 0 radical (unpaired) electrons. The Labute approximate surface area is 111 Å². The Morgan fingerprint density at radius 1 is 1.32 bits per heavy atom. The van der Waals surface area contributed by atoms with E-state index in [4.69, 9.17) is 0 Å². The molecule has 3 rings (SSSR count). The Morgan fingerprint density at radius 2 is 2.21 bits per heavy atom. The molecule has 0 aromatic heterocycles. The van der Waals surface area contributed by atoms with E-state index in [9.17, 15) is 9.59 Å². The van der Waals surface area contributed by atoms with Crippen LogP contribution in [0.25, 0.3) is 0 Å². The molecular formula is C14H17N3O2. The summed E-state index contributed by atoms with van der Waals surface area (Å²) in [7, 11) is 0. The van der Waals surface area contributed by atoms with Crippen molar-refractivity contribution in [3.8, 4) is 0 Å². The summed E-state index contributed by atoms with van der Waals surface area (Å²) in [5, 5.41) is 8.89. The molecule has 2 aliphatic rings. The second kappa shape index (κ2) is 5.01. The Hall–Kier alpha value is -1.88. The number of nitrogens with one attached hydrogen (secondary N) is 3. The number of anilines is 1. The molecule has 1 saturated heterocycles. The molecule has 5 nitrogen and oxygen atoms in total. The van der Waals surface area contributed by atoms with E-state index in [2.05, 4.69) is 22.0 Å². The maximum absolute atomic E-state index is 12.0. The highest BCUT2D eigenvalue weighted by molar-refractivity contribution is 5.97. The van der Waals surface area contributed by atoms with Gasteiger partial charge in [0, 0.05) is 25.2 Å². The zero-order valence-electron chi connectivity index (χ0n) is 10.7. The van der Waals surface area contributed by atoms with Crippen LogP contribution in [-0.2, 0) is 22.6 Å². The number of carbonyl (C=O) groups excluding carboxylic acids is 2. The van der Waals surface area contributed by atoms with Crippen LogP contribution in [0.15, 0.2) is 18.2 Å². The van der Waals surface area contributed by atoms with Crippen molar-refractivity contribution in [2.75, 3.05) is 18.4 Å². The summed E-state index contributed by atoms with van der Waals surface area (Å²) in [4.78, 5) is 23.1. The fourth-order valence-corrected chi connectivity index (χ4v) is 2.59. The van der Waals surface area contributed by atoms with Crippen LogP contribution in [0.5, 0.6) is 0 Å². The third kappa shape index (κ3) is 2.61. The van der Waals surface area contributed by atoms with Gasteiger partial charge in [-0.3, -0.25) is 9.59 Å². The second-order valence-electron chi connectivity index (χ2n) is 5.10. The first-order valence-corrected chi connectivity index (χ1v) is 6.62. The minimum Gasteiger partial charge on any atom is -0.355 e. The quantitative estimate of drug-likeness (QED) is 0.720. The maximum Gasteiger partial charge on any atom is 0.229 e. The number of hydrogen-bond acceptors (Lipinski definition) is 3. The Balaban J connectivity index is 1.69. The molecule has 19 heavy (non-hydrogen) atoms. The zero-order valence-corrected chi connectivity index (χ0v) is 10.7. The molecule has 2 heterocycles. The molecule has 2 amide bonds. The van der Waals surface area contributed by atoms with Crippen LogP contribution >= 0.6 is 0 Å². The highest BCUT2D eigenvalue weighted by Crippen LogP contribution is 2.20. The van der Waals surface area contributed by atoms with Gasteiger partial charge >= 0.3 is 0 Å². The van der Waals surface area contributed by atoms with Gasteiger partial charge in [-0.05, 0) is 36.2 Å². The summed E-state index contributed by atoms with van der Waals surface area (Å²) < 4.78 is 0. The van der Waals surface area contributed by atoms with Crippen LogP contribution in [0.1, 0.15) is 17.5 Å². The van der Waals surface area contributed by atoms with E-state index in [-0.39, 0.29) is 17.7 Å². The average Bonchev–Trinajstić information content (AvgIpc) is 2.85. The lowest BCUT2D eigenvalue weighted by Crippen LogP contribution is -2.26. The van der Waals surface area contributed by atoms with Crippen molar-refractivity contribution in [3.05, 3.63) is 29.3 Å². The predicted octanol–water partition coefficient (Wildman–Crippen LogP) is 0.407. The number of amides is 2. The molecule has 1 unspecified atom stereocenters. The maximum atomic E-state index is 12.0. The lowest BCUT2D eigenvalue weighted by molar-refractivity contribution is -0.123. The Kier molecular flexibility index (Phi) is 3.21. The van der Waals surface area contributed by atoms with Crippen molar-refractivity contribution < 1.29 is 9.59 Å². The monoisotopic (exact) mass is 259 g/mol. The fourth-order valence-electron chi connectivity index (χ4n) is 2.59. The summed E-state index contributed by atoms with van der Waals surface area (Å²) in [6, 6.07) is 6.03. The number of hydrogen-bond donors (Lipinski definition) is 3. The molecule has 0 bridgehead atoms. The molecule has 1 aromatic rings. The smallest absolute Gasteiger partial charge is 0.229 e. The third-order valence-corrected chi connectivity index (χ3v) is 3.71. The van der Waals surface area contributed by atoms with Crippen molar-refractivity contribution in [1.29, 1.82) is 0 Å². The molecule has 5 heteroatoms. The summed E-state index contributed by atoms with van der Waals surface area (Å²) in [6.07, 6.45) is 1.32. The first-order chi connectivity index (χ1) is 9.22. The van der Waals surface area contributed by atoms with Crippen molar-refractivity contribution in [2.24, 2.45) is 5.92 Å². The van der Waals surface area contributed by atoms with Crippen molar-refractivity contribution in [3.63, 3.8) is 0 Å². The molecule has 0 spiro atoms. The van der Waals surface area contributed by atoms with Crippen LogP contribution < -0.4 is 16.0 Å². The zero-order chi connectivity index (χ0) is 13.2. The average molecular weight is 259 g/mol. The fraction of sp³-hybridized carbons (Fsp3) is 0.429. The highest BCUT2D eigenvalue weighted by atomic mass is 16.2. The van der Waals surface area contributed by atoms with Gasteiger partial charge in [0.1, 0.15) is 0 Å². The molecule has 100 valence electrons. The number of benzene rings is 1. The molecule has 1 atom stereocenters. The van der Waals surface area contributed by atoms with E-state index >= 15 is 0 Å². The predicted molar refractivity (Wildman–Crippen MR) is 71.6 cm³/mol. The largest absolute Gasteiger partial charge is 0.355 e. The molecule has 1 aromatic carbocycles.